The van der Waals surface area contributed by atoms with E-state index in [1.807, 2.05) is 0 Å². The van der Waals surface area contributed by atoms with Crippen molar-refractivity contribution in [3.8, 4) is 0 Å². The molecular weight excluding hydrogens is 641 g/mol. The second-order valence-electron chi connectivity index (χ2n) is 7.29. The first kappa shape index (κ1) is 31.3. The molecule has 0 saturated carbocycles. The Kier molecular flexibility index (Phi) is 8.69. The quantitative estimate of drug-likeness (QED) is 0.154. The molecule has 0 heterocycles. The van der Waals surface area contributed by atoms with Gasteiger partial charge in [0.05, 0.1) is 29.5 Å². The molecule has 0 saturated heterocycles. The Hall–Kier alpha value is -4.18. The van der Waals surface area contributed by atoms with Crippen molar-refractivity contribution in [2.75, 3.05) is 0 Å². The van der Waals surface area contributed by atoms with E-state index in [0.717, 1.165) is 0 Å². The smallest absolute Gasteiger partial charge is 0.258 e. The zero-order valence-electron chi connectivity index (χ0n) is 19.5. The van der Waals surface area contributed by atoms with Gasteiger partial charge in [0.2, 0.25) is 0 Å². The molecule has 3 aromatic carbocycles. The van der Waals surface area contributed by atoms with Crippen molar-refractivity contribution in [2.45, 2.75) is 14.7 Å². The van der Waals surface area contributed by atoms with Gasteiger partial charge in [-0.25, -0.2) is 4.57 Å². The van der Waals surface area contributed by atoms with E-state index in [4.69, 9.17) is 0 Å². The molecule has 0 unspecified atom stereocenters. The van der Waals surface area contributed by atoms with E-state index < -0.39 is 84.7 Å². The maximum atomic E-state index is 13.4. The van der Waals surface area contributed by atoms with Crippen molar-refractivity contribution >= 4 is 55.2 Å². The lowest BCUT2D eigenvalue weighted by atomic mass is 10.3. The number of nitro benzene ring substituents is 3. The Labute approximate surface area is 229 Å². The highest BCUT2D eigenvalue weighted by atomic mass is 32.3. The Morgan fingerprint density at radius 2 is 0.659 bits per heavy atom. The van der Waals surface area contributed by atoms with Crippen LogP contribution in [-0.4, -0.2) is 40.0 Å². The molecule has 0 N–H and O–H groups in total. The van der Waals surface area contributed by atoms with Crippen molar-refractivity contribution in [3.63, 3.8) is 0 Å². The summed E-state index contributed by atoms with van der Waals surface area (Å²) in [6.07, 6.45) is 0. The molecule has 0 fully saturated rings. The predicted molar refractivity (Wildman–Crippen MR) is 132 cm³/mol. The number of hydrogen-bond donors (Lipinski definition) is 0. The lowest BCUT2D eigenvalue weighted by molar-refractivity contribution is -0.385. The molecule has 0 aliphatic heterocycles. The molecule has 0 radical (unpaired) electrons. The summed E-state index contributed by atoms with van der Waals surface area (Å²) < 4.78 is 103. The van der Waals surface area contributed by atoms with Crippen LogP contribution in [0.3, 0.4) is 0 Å². The maximum absolute atomic E-state index is 13.4. The Bertz CT molecular complexity index is 1670. The van der Waals surface area contributed by atoms with Crippen LogP contribution in [0.15, 0.2) is 87.5 Å². The fraction of sp³-hybridized carbons (Fsp3) is 0. The maximum Gasteiger partial charge on any atom is 0.520 e. The van der Waals surface area contributed by atoms with Crippen LogP contribution < -0.4 is 0 Å². The van der Waals surface area contributed by atoms with Crippen LogP contribution in [0.1, 0.15) is 0 Å². The number of non-ortho nitro benzene ring substituents is 3. The van der Waals surface area contributed by atoms with E-state index in [2.05, 4.69) is 11.9 Å². The SMILES string of the molecule is O=[N+]([O-])c1ccc(S(=O)(=O)OP(=O)(OS(=O)(=O)c2ccc([N+](=O)[O-])cc2)OS(=O)(=O)c2ccc([N+](=O)[O-])cc2)cc1. The van der Waals surface area contributed by atoms with Gasteiger partial charge in [-0.1, -0.05) is 0 Å². The van der Waals surface area contributed by atoms with Crippen LogP contribution in [0, 0.1) is 30.3 Å². The summed E-state index contributed by atoms with van der Waals surface area (Å²) >= 11 is 0. The largest absolute Gasteiger partial charge is 0.520 e. The van der Waals surface area contributed by atoms with Crippen LogP contribution in [0.25, 0.3) is 0 Å². The second kappa shape index (κ2) is 11.4. The third-order valence-electron chi connectivity index (χ3n) is 4.58. The van der Waals surface area contributed by atoms with Gasteiger partial charge < -0.3 is 0 Å². The number of nitro groups is 3. The summed E-state index contributed by atoms with van der Waals surface area (Å²) in [5.74, 6) is 0. The van der Waals surface area contributed by atoms with Crippen molar-refractivity contribution in [2.24, 2.45) is 0 Å². The number of benzene rings is 3. The highest BCUT2D eigenvalue weighted by Crippen LogP contribution is 2.56. The molecule has 3 aromatic rings. The van der Waals surface area contributed by atoms with Gasteiger partial charge >= 0.3 is 38.2 Å². The second-order valence-corrected chi connectivity index (χ2v) is 14.1. The Morgan fingerprint density at radius 1 is 0.463 bits per heavy atom. The minimum Gasteiger partial charge on any atom is -0.258 e. The van der Waals surface area contributed by atoms with E-state index in [1.165, 1.54) is 0 Å². The van der Waals surface area contributed by atoms with Crippen LogP contribution in [0.5, 0.6) is 0 Å². The Morgan fingerprint density at radius 3 is 0.829 bits per heavy atom. The normalized spacial score (nSPS) is 12.5. The zero-order chi connectivity index (χ0) is 30.8. The number of rotatable bonds is 12. The first-order valence-corrected chi connectivity index (χ1v) is 15.8. The molecule has 0 aromatic heterocycles. The third kappa shape index (κ3) is 7.52. The van der Waals surface area contributed by atoms with Gasteiger partial charge in [-0.15, -0.1) is 0 Å². The first-order valence-electron chi connectivity index (χ1n) is 10.1. The molecule has 19 nitrogen and oxygen atoms in total. The van der Waals surface area contributed by atoms with Gasteiger partial charge in [-0.2, -0.15) is 37.2 Å². The molecule has 0 aliphatic carbocycles. The van der Waals surface area contributed by atoms with E-state index in [1.54, 1.807) is 0 Å². The average molecular weight is 653 g/mol. The van der Waals surface area contributed by atoms with Crippen molar-refractivity contribution < 1.29 is 56.5 Å². The molecule has 0 aliphatic rings. The van der Waals surface area contributed by atoms with Gasteiger partial charge in [0.25, 0.3) is 17.1 Å². The summed E-state index contributed by atoms with van der Waals surface area (Å²) in [4.78, 5) is 26.8. The molecule has 218 valence electrons. The fourth-order valence-electron chi connectivity index (χ4n) is 2.73. The summed E-state index contributed by atoms with van der Waals surface area (Å²) in [5, 5.41) is 32.5. The minimum absolute atomic E-state index is 0.577. The van der Waals surface area contributed by atoms with Crippen LogP contribution in [-0.2, 0) is 46.8 Å². The fourth-order valence-corrected chi connectivity index (χ4v) is 9.02. The van der Waals surface area contributed by atoms with E-state index in [-0.39, 0.29) is 0 Å². The van der Waals surface area contributed by atoms with Crippen LogP contribution in [0.2, 0.25) is 0 Å². The van der Waals surface area contributed by atoms with Gasteiger partial charge in [0.15, 0.2) is 0 Å². The highest BCUT2D eigenvalue weighted by molar-refractivity contribution is 7.97. The lowest BCUT2D eigenvalue weighted by Gasteiger charge is -2.17. The molecule has 0 amide bonds. The van der Waals surface area contributed by atoms with Crippen LogP contribution in [0.4, 0.5) is 17.1 Å². The number of nitrogens with zero attached hydrogens (tertiary/aromatic N) is 3. The Balaban J connectivity index is 2.07. The van der Waals surface area contributed by atoms with E-state index in [9.17, 15) is 60.2 Å². The number of hydrogen-bond acceptors (Lipinski definition) is 16. The summed E-state index contributed by atoms with van der Waals surface area (Å²) in [5.41, 5.74) is -1.79. The average Bonchev–Trinajstić information content (AvgIpc) is 2.87. The van der Waals surface area contributed by atoms with Crippen LogP contribution >= 0.6 is 7.82 Å². The molecule has 0 atom stereocenters. The van der Waals surface area contributed by atoms with Crippen molar-refractivity contribution in [1.82, 2.24) is 0 Å². The molecule has 0 spiro atoms. The van der Waals surface area contributed by atoms with Crippen molar-refractivity contribution in [1.29, 1.82) is 0 Å². The van der Waals surface area contributed by atoms with E-state index in [0.29, 0.717) is 72.8 Å². The summed E-state index contributed by atoms with van der Waals surface area (Å²) in [6.45, 7) is 0. The summed E-state index contributed by atoms with van der Waals surface area (Å²) in [6, 6.07) is 7.49. The standard InChI is InChI=1S/C18H12N3O16PS3/c22-19(23)13-1-7-16(8-2-13)39(29,30)35-38(28,36-40(31,32)17-9-3-14(4-10-17)20(24)25)37-41(33,34)18-11-5-15(6-12-18)21(26)27/h1-12H. The highest BCUT2D eigenvalue weighted by Gasteiger charge is 2.45. The topological polar surface area (TPSA) is 277 Å². The molecule has 3 rings (SSSR count). The predicted octanol–water partition coefficient (Wildman–Crippen LogP) is 3.04. The lowest BCUT2D eigenvalue weighted by Crippen LogP contribution is -2.15. The third-order valence-corrected chi connectivity index (χ3v) is 11.7. The van der Waals surface area contributed by atoms with Gasteiger partial charge in [0, 0.05) is 36.4 Å². The molecule has 0 bridgehead atoms. The summed E-state index contributed by atoms with van der Waals surface area (Å²) in [7, 11) is -22.7. The monoisotopic (exact) mass is 653 g/mol. The van der Waals surface area contributed by atoms with Gasteiger partial charge in [0.1, 0.15) is 0 Å². The van der Waals surface area contributed by atoms with Gasteiger partial charge in [-0.3, -0.25) is 30.3 Å². The minimum atomic E-state index is -6.34. The molecule has 41 heavy (non-hydrogen) atoms. The van der Waals surface area contributed by atoms with Crippen molar-refractivity contribution in [3.05, 3.63) is 103 Å². The van der Waals surface area contributed by atoms with E-state index >= 15 is 0 Å². The number of phosphoric acid groups is 1. The first-order chi connectivity index (χ1) is 18.9. The molecular formula is C18H12N3O16PS3. The van der Waals surface area contributed by atoms with Gasteiger partial charge in [-0.05, 0) is 36.4 Å². The molecule has 23 heteroatoms. The zero-order valence-corrected chi connectivity index (χ0v) is 22.8.